The first kappa shape index (κ1) is 22.4. The van der Waals surface area contributed by atoms with Crippen LogP contribution in [0.2, 0.25) is 0 Å². The maximum Gasteiger partial charge on any atom is 0.224 e. The minimum Gasteiger partial charge on any atom is -0.330 e. The van der Waals surface area contributed by atoms with Gasteiger partial charge < -0.3 is 15.6 Å². The Kier molecular flexibility index (Phi) is 10.4. The van der Waals surface area contributed by atoms with E-state index in [4.69, 9.17) is 5.73 Å². The molecule has 134 valence electrons. The van der Waals surface area contributed by atoms with E-state index < -0.39 is 0 Å². The summed E-state index contributed by atoms with van der Waals surface area (Å²) in [5, 5.41) is 2.91. The van der Waals surface area contributed by atoms with Gasteiger partial charge in [0, 0.05) is 37.0 Å². The molecule has 1 heterocycles. The van der Waals surface area contributed by atoms with Gasteiger partial charge in [-0.2, -0.15) is 0 Å². The summed E-state index contributed by atoms with van der Waals surface area (Å²) in [6, 6.07) is 7.92. The van der Waals surface area contributed by atoms with Gasteiger partial charge in [0.2, 0.25) is 5.91 Å². The standard InChI is InChI=1S/C17H24N4O.2ClH/c1-13(2)17-19-9-10-21(17)12-14-5-3-6-15(11-14)20-16(22)7-4-8-18;;/h3,5-6,9-11,13H,4,7-8,12,18H2,1-2H3,(H,20,22);2*1H. The maximum absolute atomic E-state index is 11.8. The molecule has 7 heteroatoms. The minimum absolute atomic E-state index is 0. The molecule has 24 heavy (non-hydrogen) atoms. The van der Waals surface area contributed by atoms with Crippen LogP contribution in [0.5, 0.6) is 0 Å². The van der Waals surface area contributed by atoms with Gasteiger partial charge >= 0.3 is 0 Å². The molecule has 0 bridgehead atoms. The van der Waals surface area contributed by atoms with E-state index in [0.29, 0.717) is 25.3 Å². The number of carbonyl (C=O) groups excluding carboxylic acids is 1. The summed E-state index contributed by atoms with van der Waals surface area (Å²) in [6.07, 6.45) is 4.98. The van der Waals surface area contributed by atoms with Crippen LogP contribution in [0.4, 0.5) is 5.69 Å². The van der Waals surface area contributed by atoms with Crippen molar-refractivity contribution in [2.45, 2.75) is 39.2 Å². The number of rotatable bonds is 7. The Balaban J connectivity index is 0.00000264. The molecule has 0 saturated heterocycles. The molecule has 0 aliphatic rings. The first-order valence-corrected chi connectivity index (χ1v) is 7.70. The van der Waals surface area contributed by atoms with Crippen LogP contribution in [0.3, 0.4) is 0 Å². The van der Waals surface area contributed by atoms with Crippen LogP contribution in [0.25, 0.3) is 0 Å². The van der Waals surface area contributed by atoms with Crippen molar-refractivity contribution in [3.8, 4) is 0 Å². The lowest BCUT2D eigenvalue weighted by molar-refractivity contribution is -0.116. The first-order chi connectivity index (χ1) is 10.6. The third-order valence-corrected chi connectivity index (χ3v) is 3.44. The molecule has 5 nitrogen and oxygen atoms in total. The molecule has 1 aromatic heterocycles. The van der Waals surface area contributed by atoms with Crippen molar-refractivity contribution in [2.75, 3.05) is 11.9 Å². The average Bonchev–Trinajstić information content (AvgIpc) is 2.94. The Labute approximate surface area is 155 Å². The van der Waals surface area contributed by atoms with E-state index >= 15 is 0 Å². The number of benzene rings is 1. The predicted octanol–water partition coefficient (Wildman–Crippen LogP) is 3.58. The molecule has 0 atom stereocenters. The lowest BCUT2D eigenvalue weighted by Gasteiger charge is -2.12. The van der Waals surface area contributed by atoms with Gasteiger partial charge in [0.1, 0.15) is 5.82 Å². The average molecular weight is 373 g/mol. The number of carbonyl (C=O) groups is 1. The van der Waals surface area contributed by atoms with Gasteiger partial charge in [-0.05, 0) is 30.7 Å². The fraction of sp³-hybridized carbons (Fsp3) is 0.412. The maximum atomic E-state index is 11.8. The summed E-state index contributed by atoms with van der Waals surface area (Å²) in [5.74, 6) is 1.46. The highest BCUT2D eigenvalue weighted by Crippen LogP contribution is 2.16. The quantitative estimate of drug-likeness (QED) is 0.779. The zero-order valence-corrected chi connectivity index (χ0v) is 15.7. The summed E-state index contributed by atoms with van der Waals surface area (Å²) in [4.78, 5) is 16.2. The molecule has 0 radical (unpaired) electrons. The minimum atomic E-state index is 0. The van der Waals surface area contributed by atoms with Gasteiger partial charge in [0.05, 0.1) is 0 Å². The Morgan fingerprint density at radius 3 is 2.75 bits per heavy atom. The van der Waals surface area contributed by atoms with Gasteiger partial charge in [-0.1, -0.05) is 26.0 Å². The van der Waals surface area contributed by atoms with Crippen LogP contribution in [-0.4, -0.2) is 22.0 Å². The molecule has 2 aromatic rings. The largest absolute Gasteiger partial charge is 0.330 e. The molecule has 0 unspecified atom stereocenters. The topological polar surface area (TPSA) is 72.9 Å². The van der Waals surface area contributed by atoms with E-state index in [2.05, 4.69) is 34.8 Å². The molecule has 0 spiro atoms. The smallest absolute Gasteiger partial charge is 0.224 e. The molecule has 0 saturated carbocycles. The lowest BCUT2D eigenvalue weighted by atomic mass is 10.1. The third-order valence-electron chi connectivity index (χ3n) is 3.44. The second-order valence-electron chi connectivity index (χ2n) is 5.71. The summed E-state index contributed by atoms with van der Waals surface area (Å²) < 4.78 is 2.14. The second-order valence-corrected chi connectivity index (χ2v) is 5.71. The highest BCUT2D eigenvalue weighted by atomic mass is 35.5. The normalized spacial score (nSPS) is 10.0. The Morgan fingerprint density at radius 1 is 1.33 bits per heavy atom. The summed E-state index contributed by atoms with van der Waals surface area (Å²) >= 11 is 0. The van der Waals surface area contributed by atoms with Crippen LogP contribution >= 0.6 is 24.8 Å². The van der Waals surface area contributed by atoms with E-state index in [-0.39, 0.29) is 30.7 Å². The van der Waals surface area contributed by atoms with Crippen molar-refractivity contribution in [3.63, 3.8) is 0 Å². The van der Waals surface area contributed by atoms with Crippen LogP contribution in [0.1, 0.15) is 44.0 Å². The molecule has 0 aliphatic heterocycles. The van der Waals surface area contributed by atoms with E-state index in [1.54, 1.807) is 0 Å². The van der Waals surface area contributed by atoms with Gasteiger partial charge in [-0.3, -0.25) is 4.79 Å². The number of nitrogens with two attached hydrogens (primary N) is 1. The van der Waals surface area contributed by atoms with Crippen molar-refractivity contribution < 1.29 is 4.79 Å². The highest BCUT2D eigenvalue weighted by Gasteiger charge is 2.08. The molecular weight excluding hydrogens is 347 g/mol. The van der Waals surface area contributed by atoms with Crippen molar-refractivity contribution >= 4 is 36.4 Å². The van der Waals surface area contributed by atoms with E-state index in [1.165, 1.54) is 0 Å². The number of hydrogen-bond donors (Lipinski definition) is 2. The predicted molar refractivity (Wildman–Crippen MR) is 103 cm³/mol. The van der Waals surface area contributed by atoms with Crippen molar-refractivity contribution in [1.29, 1.82) is 0 Å². The van der Waals surface area contributed by atoms with Gasteiger partial charge in [-0.15, -0.1) is 24.8 Å². The SMILES string of the molecule is CC(C)c1nccn1Cc1cccc(NC(=O)CCCN)c1.Cl.Cl. The van der Waals surface area contributed by atoms with Crippen molar-refractivity contribution in [2.24, 2.45) is 5.73 Å². The van der Waals surface area contributed by atoms with Gasteiger partial charge in [0.25, 0.3) is 0 Å². The number of amides is 1. The summed E-state index contributed by atoms with van der Waals surface area (Å²) in [6.45, 7) is 5.55. The zero-order valence-electron chi connectivity index (χ0n) is 14.1. The Morgan fingerprint density at radius 2 is 2.08 bits per heavy atom. The van der Waals surface area contributed by atoms with Crippen molar-refractivity contribution in [1.82, 2.24) is 9.55 Å². The number of hydrogen-bond acceptors (Lipinski definition) is 3. The van der Waals surface area contributed by atoms with Gasteiger partial charge in [-0.25, -0.2) is 4.98 Å². The Bertz CT molecular complexity index is 629. The van der Waals surface area contributed by atoms with E-state index in [1.807, 2.05) is 30.6 Å². The number of halogens is 2. The van der Waals surface area contributed by atoms with Crippen LogP contribution in [-0.2, 0) is 11.3 Å². The molecule has 0 aliphatic carbocycles. The molecule has 1 amide bonds. The first-order valence-electron chi connectivity index (χ1n) is 7.70. The number of imidazole rings is 1. The van der Waals surface area contributed by atoms with Crippen LogP contribution in [0, 0.1) is 0 Å². The van der Waals surface area contributed by atoms with Crippen LogP contribution in [0.15, 0.2) is 36.7 Å². The zero-order chi connectivity index (χ0) is 15.9. The van der Waals surface area contributed by atoms with Crippen LogP contribution < -0.4 is 11.1 Å². The fourth-order valence-electron chi connectivity index (χ4n) is 2.39. The second kappa shape index (κ2) is 11.1. The summed E-state index contributed by atoms with van der Waals surface area (Å²) in [7, 11) is 0. The number of aromatic nitrogens is 2. The molecule has 0 fully saturated rings. The lowest BCUT2D eigenvalue weighted by Crippen LogP contribution is -2.13. The number of anilines is 1. The molecule has 3 N–H and O–H groups in total. The molecule has 1 aromatic carbocycles. The number of nitrogens with zero attached hydrogens (tertiary/aromatic N) is 2. The molecular formula is C17H26Cl2N4O. The highest BCUT2D eigenvalue weighted by molar-refractivity contribution is 5.90. The van der Waals surface area contributed by atoms with E-state index in [9.17, 15) is 4.79 Å². The molecule has 2 rings (SSSR count). The van der Waals surface area contributed by atoms with Crippen molar-refractivity contribution in [3.05, 3.63) is 48.0 Å². The monoisotopic (exact) mass is 372 g/mol. The van der Waals surface area contributed by atoms with E-state index in [0.717, 1.165) is 23.6 Å². The summed E-state index contributed by atoms with van der Waals surface area (Å²) in [5.41, 5.74) is 7.38. The fourth-order valence-corrected chi connectivity index (χ4v) is 2.39. The number of nitrogens with one attached hydrogen (secondary N) is 1. The Hall–Kier alpha value is -1.56. The van der Waals surface area contributed by atoms with Gasteiger partial charge in [0.15, 0.2) is 0 Å². The third kappa shape index (κ3) is 6.51.